The van der Waals surface area contributed by atoms with E-state index in [4.69, 9.17) is 16.3 Å². The van der Waals surface area contributed by atoms with Gasteiger partial charge in [0.1, 0.15) is 5.75 Å². The van der Waals surface area contributed by atoms with Gasteiger partial charge in [-0.2, -0.15) is 0 Å². The van der Waals surface area contributed by atoms with Gasteiger partial charge < -0.3 is 10.1 Å². The molecule has 3 rings (SSSR count). The van der Waals surface area contributed by atoms with E-state index in [1.807, 2.05) is 18.2 Å². The Bertz CT molecular complexity index is 567. The van der Waals surface area contributed by atoms with Gasteiger partial charge >= 0.3 is 0 Å². The quantitative estimate of drug-likeness (QED) is 0.785. The van der Waals surface area contributed by atoms with Crippen molar-refractivity contribution in [2.45, 2.75) is 64.3 Å². The average Bonchev–Trinajstić information content (AvgIpc) is 2.61. The van der Waals surface area contributed by atoms with Crippen LogP contribution >= 0.6 is 11.6 Å². The van der Waals surface area contributed by atoms with E-state index in [1.165, 1.54) is 32.1 Å². The summed E-state index contributed by atoms with van der Waals surface area (Å²) in [5.74, 6) is 2.06. The second kappa shape index (κ2) is 8.24. The Morgan fingerprint density at radius 2 is 2.04 bits per heavy atom. The molecule has 0 saturated heterocycles. The largest absolute Gasteiger partial charge is 0.493 e. The summed E-state index contributed by atoms with van der Waals surface area (Å²) in [4.78, 5) is 12.7. The highest BCUT2D eigenvalue weighted by Crippen LogP contribution is 2.36. The van der Waals surface area contributed by atoms with Gasteiger partial charge in [-0.05, 0) is 49.8 Å². The van der Waals surface area contributed by atoms with Crippen molar-refractivity contribution < 1.29 is 9.53 Å². The Balaban J connectivity index is 1.56. The van der Waals surface area contributed by atoms with Crippen LogP contribution in [0.4, 0.5) is 0 Å². The summed E-state index contributed by atoms with van der Waals surface area (Å²) in [6.45, 7) is 2.89. The molecule has 1 aromatic rings. The van der Waals surface area contributed by atoms with Crippen molar-refractivity contribution in [2.24, 2.45) is 11.8 Å². The van der Waals surface area contributed by atoms with Gasteiger partial charge in [-0.1, -0.05) is 37.8 Å². The van der Waals surface area contributed by atoms with Gasteiger partial charge in [-0.25, -0.2) is 0 Å². The molecule has 132 valence electrons. The van der Waals surface area contributed by atoms with E-state index in [1.54, 1.807) is 0 Å². The first kappa shape index (κ1) is 17.6. The van der Waals surface area contributed by atoms with Crippen LogP contribution in [0, 0.1) is 11.8 Å². The highest BCUT2D eigenvalue weighted by molar-refractivity contribution is 6.30. The van der Waals surface area contributed by atoms with Crippen LogP contribution in [0.2, 0.25) is 5.02 Å². The molecule has 1 amide bonds. The third-order valence-electron chi connectivity index (χ3n) is 5.51. The number of amides is 1. The molecule has 4 heteroatoms. The molecular formula is C20H28ClNO2. The molecule has 3 nitrogen and oxygen atoms in total. The number of rotatable bonds is 5. The van der Waals surface area contributed by atoms with Crippen LogP contribution in [0.25, 0.3) is 0 Å². The summed E-state index contributed by atoms with van der Waals surface area (Å²) in [5, 5.41) is 3.94. The lowest BCUT2D eigenvalue weighted by Crippen LogP contribution is -2.37. The second-order valence-corrected chi connectivity index (χ2v) is 7.68. The van der Waals surface area contributed by atoms with Crippen molar-refractivity contribution in [1.29, 1.82) is 0 Å². The lowest BCUT2D eigenvalue weighted by molar-refractivity contribution is -0.127. The zero-order chi connectivity index (χ0) is 16.9. The van der Waals surface area contributed by atoms with Crippen molar-refractivity contribution >= 4 is 17.5 Å². The Kier molecular flexibility index (Phi) is 6.04. The maximum Gasteiger partial charge on any atom is 0.223 e. The minimum absolute atomic E-state index is 0.0257. The van der Waals surface area contributed by atoms with Gasteiger partial charge in [0.15, 0.2) is 0 Å². The molecule has 1 saturated carbocycles. The van der Waals surface area contributed by atoms with Crippen molar-refractivity contribution in [3.8, 4) is 5.75 Å². The van der Waals surface area contributed by atoms with Gasteiger partial charge in [0, 0.05) is 22.9 Å². The molecule has 24 heavy (non-hydrogen) atoms. The molecule has 1 N–H and O–H groups in total. The molecule has 0 bridgehead atoms. The molecule has 0 radical (unpaired) electrons. The van der Waals surface area contributed by atoms with E-state index in [9.17, 15) is 4.79 Å². The zero-order valence-corrected chi connectivity index (χ0v) is 15.3. The predicted octanol–water partition coefficient (Wildman–Crippen LogP) is 5.28. The standard InChI is InChI=1S/C20H28ClNO2/c1-2-3-4-14-5-7-15(8-6-14)20(23)22-18-11-12-24-19-10-9-16(21)13-17(18)19/h9-10,13-15,18H,2-8,11-12H2,1H3,(H,22,23). The first-order valence-corrected chi connectivity index (χ1v) is 9.77. The van der Waals surface area contributed by atoms with Crippen LogP contribution in [0.1, 0.15) is 69.9 Å². The highest BCUT2D eigenvalue weighted by Gasteiger charge is 2.29. The number of hydrogen-bond donors (Lipinski definition) is 1. The molecule has 1 aliphatic carbocycles. The summed E-state index contributed by atoms with van der Waals surface area (Å²) < 4.78 is 5.68. The summed E-state index contributed by atoms with van der Waals surface area (Å²) >= 11 is 6.12. The molecule has 1 fully saturated rings. The molecular weight excluding hydrogens is 322 g/mol. The summed E-state index contributed by atoms with van der Waals surface area (Å²) in [7, 11) is 0. The number of nitrogens with one attached hydrogen (secondary N) is 1. The van der Waals surface area contributed by atoms with E-state index in [2.05, 4.69) is 12.2 Å². The fourth-order valence-corrected chi connectivity index (χ4v) is 4.19. The molecule has 2 aliphatic rings. The molecule has 0 aromatic heterocycles. The lowest BCUT2D eigenvalue weighted by atomic mass is 9.79. The zero-order valence-electron chi connectivity index (χ0n) is 14.5. The average molecular weight is 350 g/mol. The van der Waals surface area contributed by atoms with Gasteiger partial charge in [0.25, 0.3) is 0 Å². The lowest BCUT2D eigenvalue weighted by Gasteiger charge is -2.31. The third kappa shape index (κ3) is 4.24. The number of benzene rings is 1. The Labute approximate surface area is 150 Å². The first-order valence-electron chi connectivity index (χ1n) is 9.40. The minimum atomic E-state index is 0.0257. The number of hydrogen-bond acceptors (Lipinski definition) is 2. The summed E-state index contributed by atoms with van der Waals surface area (Å²) in [6, 6.07) is 5.68. The van der Waals surface area contributed by atoms with Crippen LogP contribution in [0.3, 0.4) is 0 Å². The fourth-order valence-electron chi connectivity index (χ4n) is 4.01. The molecule has 1 heterocycles. The van der Waals surface area contributed by atoms with E-state index < -0.39 is 0 Å². The number of fused-ring (bicyclic) bond motifs is 1. The van der Waals surface area contributed by atoms with Crippen LogP contribution in [-0.4, -0.2) is 12.5 Å². The van der Waals surface area contributed by atoms with Crippen molar-refractivity contribution in [2.75, 3.05) is 6.61 Å². The van der Waals surface area contributed by atoms with E-state index >= 15 is 0 Å². The molecule has 1 aliphatic heterocycles. The SMILES string of the molecule is CCCCC1CCC(C(=O)NC2CCOc3ccc(Cl)cc32)CC1. The van der Waals surface area contributed by atoms with Crippen LogP contribution < -0.4 is 10.1 Å². The Hall–Kier alpha value is -1.22. The van der Waals surface area contributed by atoms with Crippen molar-refractivity contribution in [3.63, 3.8) is 0 Å². The Morgan fingerprint density at radius 3 is 2.79 bits per heavy atom. The maximum absolute atomic E-state index is 12.7. The predicted molar refractivity (Wildman–Crippen MR) is 97.4 cm³/mol. The normalized spacial score (nSPS) is 26.3. The molecule has 1 aromatic carbocycles. The van der Waals surface area contributed by atoms with Gasteiger partial charge in [0.05, 0.1) is 12.6 Å². The maximum atomic E-state index is 12.7. The van der Waals surface area contributed by atoms with Crippen LogP contribution in [0.15, 0.2) is 18.2 Å². The van der Waals surface area contributed by atoms with Crippen LogP contribution in [0.5, 0.6) is 5.75 Å². The summed E-state index contributed by atoms with van der Waals surface area (Å²) in [6.07, 6.45) is 9.20. The second-order valence-electron chi connectivity index (χ2n) is 7.24. The van der Waals surface area contributed by atoms with Crippen LogP contribution in [-0.2, 0) is 4.79 Å². The van der Waals surface area contributed by atoms with Gasteiger partial charge in [-0.15, -0.1) is 0 Å². The Morgan fingerprint density at radius 1 is 1.25 bits per heavy atom. The molecule has 1 atom stereocenters. The fraction of sp³-hybridized carbons (Fsp3) is 0.650. The van der Waals surface area contributed by atoms with Crippen molar-refractivity contribution in [1.82, 2.24) is 5.32 Å². The highest BCUT2D eigenvalue weighted by atomic mass is 35.5. The van der Waals surface area contributed by atoms with Gasteiger partial charge in [0.2, 0.25) is 5.91 Å². The number of ether oxygens (including phenoxy) is 1. The topological polar surface area (TPSA) is 38.3 Å². The first-order chi connectivity index (χ1) is 11.7. The number of carbonyl (C=O) groups excluding carboxylic acids is 1. The van der Waals surface area contributed by atoms with E-state index in [-0.39, 0.29) is 17.9 Å². The molecule has 1 unspecified atom stereocenters. The van der Waals surface area contributed by atoms with Crippen molar-refractivity contribution in [3.05, 3.63) is 28.8 Å². The number of carbonyl (C=O) groups is 1. The van der Waals surface area contributed by atoms with Gasteiger partial charge in [-0.3, -0.25) is 4.79 Å². The number of unbranched alkanes of at least 4 members (excludes halogenated alkanes) is 1. The van der Waals surface area contributed by atoms with E-state index in [0.717, 1.165) is 36.5 Å². The molecule has 0 spiro atoms. The smallest absolute Gasteiger partial charge is 0.223 e. The number of halogens is 1. The third-order valence-corrected chi connectivity index (χ3v) is 5.75. The monoisotopic (exact) mass is 349 g/mol. The summed E-state index contributed by atoms with van der Waals surface area (Å²) in [5.41, 5.74) is 1.01. The minimum Gasteiger partial charge on any atom is -0.493 e. The van der Waals surface area contributed by atoms with E-state index in [0.29, 0.717) is 11.6 Å².